The Labute approximate surface area is 241 Å². The number of hydrogen-bond acceptors (Lipinski definition) is 5. The molecule has 2 aromatic heterocycles. The standard InChI is InChI=1S/C31H28BrN7O/c1-21-34-10-11-39(21)20-24-16-23-4-2-3-5-27(23)30(29-28(24)17-25(32)19-35-29)37-12-14-38(15-13-37)31(40)36-26-8-6-22(18-33)7-9-26/h2-11,16-17,19,30H,12-15,20H2,1H3,(H,36,40). The lowest BCUT2D eigenvalue weighted by Gasteiger charge is -2.39. The lowest BCUT2D eigenvalue weighted by molar-refractivity contribution is 0.125. The van der Waals surface area contributed by atoms with Crippen LogP contribution in [0.25, 0.3) is 11.6 Å². The van der Waals surface area contributed by atoms with Crippen LogP contribution in [-0.2, 0) is 6.54 Å². The van der Waals surface area contributed by atoms with Crippen molar-refractivity contribution in [1.82, 2.24) is 24.3 Å². The van der Waals surface area contributed by atoms with E-state index in [2.05, 4.69) is 78.2 Å². The number of pyridine rings is 1. The van der Waals surface area contributed by atoms with Crippen molar-refractivity contribution in [3.8, 4) is 6.07 Å². The van der Waals surface area contributed by atoms with Crippen LogP contribution in [0, 0.1) is 18.3 Å². The van der Waals surface area contributed by atoms with Gasteiger partial charge in [0.1, 0.15) is 5.82 Å². The highest BCUT2D eigenvalue weighted by Gasteiger charge is 2.33. The lowest BCUT2D eigenvalue weighted by atomic mass is 9.95. The topological polar surface area (TPSA) is 90.1 Å². The zero-order chi connectivity index (χ0) is 27.6. The van der Waals surface area contributed by atoms with Crippen molar-refractivity contribution in [2.45, 2.75) is 19.5 Å². The monoisotopic (exact) mass is 593 g/mol. The Morgan fingerprint density at radius 2 is 1.88 bits per heavy atom. The number of nitrogens with one attached hydrogen (secondary N) is 1. The van der Waals surface area contributed by atoms with E-state index < -0.39 is 0 Å². The Bertz CT molecular complexity index is 1630. The molecule has 9 heteroatoms. The third-order valence-corrected chi connectivity index (χ3v) is 8.04. The van der Waals surface area contributed by atoms with Gasteiger partial charge in [-0.2, -0.15) is 5.26 Å². The number of nitrogens with zero attached hydrogens (tertiary/aromatic N) is 6. The Balaban J connectivity index is 1.27. The second-order valence-electron chi connectivity index (χ2n) is 10.0. The fraction of sp³-hybridized carbons (Fsp3) is 0.226. The molecule has 3 heterocycles. The first-order chi connectivity index (χ1) is 19.5. The number of piperazine rings is 1. The molecular formula is C31H28BrN7O. The number of imidazole rings is 1. The van der Waals surface area contributed by atoms with Crippen molar-refractivity contribution in [2.24, 2.45) is 0 Å². The maximum Gasteiger partial charge on any atom is 0.321 e. The molecule has 2 aliphatic rings. The van der Waals surface area contributed by atoms with Crippen LogP contribution in [0.2, 0.25) is 0 Å². The molecule has 1 saturated heterocycles. The number of hydrogen-bond donors (Lipinski definition) is 1. The SMILES string of the molecule is Cc1nccn1CC1=Cc2ccccc2C(N2CCN(C(=O)Nc3ccc(C#N)cc3)CC2)c2ncc(Br)cc21. The van der Waals surface area contributed by atoms with Gasteiger partial charge in [0.15, 0.2) is 0 Å². The zero-order valence-corrected chi connectivity index (χ0v) is 23.7. The molecule has 1 aliphatic heterocycles. The van der Waals surface area contributed by atoms with Crippen molar-refractivity contribution < 1.29 is 4.79 Å². The molecule has 8 nitrogen and oxygen atoms in total. The minimum absolute atomic E-state index is 0.0410. The molecule has 1 unspecified atom stereocenters. The molecule has 6 rings (SSSR count). The van der Waals surface area contributed by atoms with E-state index in [1.54, 1.807) is 24.3 Å². The van der Waals surface area contributed by atoms with E-state index in [1.165, 1.54) is 16.7 Å². The van der Waals surface area contributed by atoms with E-state index >= 15 is 0 Å². The van der Waals surface area contributed by atoms with Gasteiger partial charge in [-0.1, -0.05) is 24.3 Å². The van der Waals surface area contributed by atoms with Crippen molar-refractivity contribution in [1.29, 1.82) is 5.26 Å². The van der Waals surface area contributed by atoms with Crippen LogP contribution in [0.15, 0.2) is 77.7 Å². The van der Waals surface area contributed by atoms with Crippen LogP contribution < -0.4 is 5.32 Å². The molecule has 1 aliphatic carbocycles. The summed E-state index contributed by atoms with van der Waals surface area (Å²) in [7, 11) is 0. The highest BCUT2D eigenvalue weighted by Crippen LogP contribution is 2.40. The van der Waals surface area contributed by atoms with Crippen molar-refractivity contribution in [2.75, 3.05) is 31.5 Å². The molecule has 1 atom stereocenters. The number of anilines is 1. The van der Waals surface area contributed by atoms with E-state index in [0.717, 1.165) is 21.6 Å². The predicted molar refractivity (Wildman–Crippen MR) is 158 cm³/mol. The lowest BCUT2D eigenvalue weighted by Crippen LogP contribution is -2.51. The van der Waals surface area contributed by atoms with Gasteiger partial charge in [-0.05, 0) is 76.0 Å². The Morgan fingerprint density at radius 3 is 2.60 bits per heavy atom. The summed E-state index contributed by atoms with van der Waals surface area (Å²) < 4.78 is 3.10. The second kappa shape index (κ2) is 11.1. The highest BCUT2D eigenvalue weighted by molar-refractivity contribution is 9.10. The van der Waals surface area contributed by atoms with E-state index in [0.29, 0.717) is 44.0 Å². The van der Waals surface area contributed by atoms with Crippen LogP contribution in [0.3, 0.4) is 0 Å². The number of carbonyl (C=O) groups excluding carboxylic acids is 1. The number of fused-ring (bicyclic) bond motifs is 2. The first-order valence-corrected chi connectivity index (χ1v) is 14.0. The third-order valence-electron chi connectivity index (χ3n) is 7.61. The molecule has 1 N–H and O–H groups in total. The summed E-state index contributed by atoms with van der Waals surface area (Å²) in [5.41, 5.74) is 6.95. The predicted octanol–water partition coefficient (Wildman–Crippen LogP) is 5.71. The number of benzene rings is 2. The number of amides is 2. The first kappa shape index (κ1) is 26.0. The van der Waals surface area contributed by atoms with Gasteiger partial charge in [0, 0.05) is 67.0 Å². The quantitative estimate of drug-likeness (QED) is 0.327. The Kier molecular flexibility index (Phi) is 7.20. The molecule has 1 fully saturated rings. The fourth-order valence-electron chi connectivity index (χ4n) is 5.50. The number of carbonyl (C=O) groups is 1. The molecule has 40 heavy (non-hydrogen) atoms. The molecule has 0 bridgehead atoms. The molecule has 200 valence electrons. The second-order valence-corrected chi connectivity index (χ2v) is 10.9. The summed E-state index contributed by atoms with van der Waals surface area (Å²) in [4.78, 5) is 26.7. The van der Waals surface area contributed by atoms with E-state index in [1.807, 2.05) is 30.4 Å². The van der Waals surface area contributed by atoms with Gasteiger partial charge in [-0.25, -0.2) is 9.78 Å². The van der Waals surface area contributed by atoms with Crippen LogP contribution in [0.4, 0.5) is 10.5 Å². The van der Waals surface area contributed by atoms with Crippen LogP contribution in [0.5, 0.6) is 0 Å². The summed E-state index contributed by atoms with van der Waals surface area (Å²) >= 11 is 3.66. The van der Waals surface area contributed by atoms with Gasteiger partial charge in [0.2, 0.25) is 0 Å². The maximum atomic E-state index is 13.0. The minimum Gasteiger partial charge on any atom is -0.331 e. The summed E-state index contributed by atoms with van der Waals surface area (Å²) in [6, 6.07) is 19.5. The number of aromatic nitrogens is 3. The fourth-order valence-corrected chi connectivity index (χ4v) is 5.83. The van der Waals surface area contributed by atoms with Gasteiger partial charge in [0.05, 0.1) is 23.4 Å². The molecule has 2 amide bonds. The van der Waals surface area contributed by atoms with Gasteiger partial charge < -0.3 is 14.8 Å². The third kappa shape index (κ3) is 5.16. The Hall–Kier alpha value is -4.26. The summed E-state index contributed by atoms with van der Waals surface area (Å²) in [5, 5.41) is 12.0. The molecule has 0 saturated carbocycles. The molecule has 4 aromatic rings. The van der Waals surface area contributed by atoms with Crippen molar-refractivity contribution >= 4 is 39.3 Å². The van der Waals surface area contributed by atoms with Gasteiger partial charge in [-0.15, -0.1) is 0 Å². The van der Waals surface area contributed by atoms with Crippen LogP contribution in [-0.4, -0.2) is 56.5 Å². The van der Waals surface area contributed by atoms with E-state index in [4.69, 9.17) is 10.2 Å². The summed E-state index contributed by atoms with van der Waals surface area (Å²) in [6.07, 6.45) is 8.00. The molecule has 0 spiro atoms. The number of nitriles is 1. The first-order valence-electron chi connectivity index (χ1n) is 13.2. The number of urea groups is 1. The smallest absolute Gasteiger partial charge is 0.321 e. The van der Waals surface area contributed by atoms with Crippen LogP contribution in [0.1, 0.15) is 39.8 Å². The largest absolute Gasteiger partial charge is 0.331 e. The zero-order valence-electron chi connectivity index (χ0n) is 22.1. The number of halogens is 1. The molecule has 2 aromatic carbocycles. The summed E-state index contributed by atoms with van der Waals surface area (Å²) in [6.45, 7) is 5.34. The Morgan fingerprint density at radius 1 is 1.10 bits per heavy atom. The average molecular weight is 595 g/mol. The highest BCUT2D eigenvalue weighted by atomic mass is 79.9. The maximum absolute atomic E-state index is 13.0. The number of rotatable bonds is 4. The van der Waals surface area contributed by atoms with Crippen LogP contribution >= 0.6 is 15.9 Å². The van der Waals surface area contributed by atoms with E-state index in [9.17, 15) is 4.79 Å². The van der Waals surface area contributed by atoms with Crippen molar-refractivity contribution in [3.05, 3.63) is 111 Å². The minimum atomic E-state index is -0.132. The van der Waals surface area contributed by atoms with Gasteiger partial charge in [0.25, 0.3) is 0 Å². The van der Waals surface area contributed by atoms with Gasteiger partial charge in [-0.3, -0.25) is 9.88 Å². The number of aryl methyl sites for hydroxylation is 1. The average Bonchev–Trinajstić information content (AvgIpc) is 3.33. The normalized spacial score (nSPS) is 16.8. The van der Waals surface area contributed by atoms with E-state index in [-0.39, 0.29) is 12.1 Å². The van der Waals surface area contributed by atoms with Gasteiger partial charge >= 0.3 is 6.03 Å². The number of allylic oxidation sites excluding steroid dienone is 1. The van der Waals surface area contributed by atoms with Crippen molar-refractivity contribution in [3.63, 3.8) is 0 Å². The summed E-state index contributed by atoms with van der Waals surface area (Å²) in [5.74, 6) is 0.967. The molecule has 0 radical (unpaired) electrons. The molecular weight excluding hydrogens is 566 g/mol.